The van der Waals surface area contributed by atoms with Gasteiger partial charge >= 0.3 is 0 Å². The fourth-order valence-corrected chi connectivity index (χ4v) is 3.05. The van der Waals surface area contributed by atoms with E-state index in [0.29, 0.717) is 6.54 Å². The third-order valence-corrected chi connectivity index (χ3v) is 4.24. The summed E-state index contributed by atoms with van der Waals surface area (Å²) in [5, 5.41) is 12.3. The lowest BCUT2D eigenvalue weighted by atomic mass is 10.2. The Kier molecular flexibility index (Phi) is 8.46. The number of aliphatic hydroxyl groups excluding tert-OH is 1. The summed E-state index contributed by atoms with van der Waals surface area (Å²) in [6.07, 6.45) is 4.63. The Morgan fingerprint density at radius 1 is 1.39 bits per heavy atom. The van der Waals surface area contributed by atoms with Crippen molar-refractivity contribution in [3.63, 3.8) is 0 Å². The molecule has 1 aliphatic heterocycles. The quantitative estimate of drug-likeness (QED) is 0.651. The third kappa shape index (κ3) is 5.59. The number of unbranched alkanes of at least 4 members (excludes halogenated alkanes) is 3. The smallest absolute Gasteiger partial charge is 0.240 e. The number of hydrogen-bond donors (Lipinski definition) is 2. The van der Waals surface area contributed by atoms with Gasteiger partial charge in [0.25, 0.3) is 0 Å². The molecule has 1 rings (SSSR count). The van der Waals surface area contributed by atoms with Gasteiger partial charge in [-0.3, -0.25) is 4.79 Å². The average molecular weight is 274 g/mol. The van der Waals surface area contributed by atoms with Gasteiger partial charge in [0, 0.05) is 31.1 Å². The summed E-state index contributed by atoms with van der Waals surface area (Å²) >= 11 is 1.83. The molecular formula is C13H26N2O2S. The Morgan fingerprint density at radius 2 is 2.22 bits per heavy atom. The molecule has 0 aromatic heterocycles. The van der Waals surface area contributed by atoms with Gasteiger partial charge in [-0.2, -0.15) is 11.8 Å². The van der Waals surface area contributed by atoms with Crippen LogP contribution < -0.4 is 5.32 Å². The molecular weight excluding hydrogens is 248 g/mol. The predicted molar refractivity (Wildman–Crippen MR) is 76.9 cm³/mol. The van der Waals surface area contributed by atoms with E-state index in [4.69, 9.17) is 5.11 Å². The SMILES string of the molecule is CCCCCCN(CCO)C(=O)C1CSCCN1. The van der Waals surface area contributed by atoms with Crippen molar-refractivity contribution >= 4 is 17.7 Å². The van der Waals surface area contributed by atoms with Gasteiger partial charge in [-0.25, -0.2) is 0 Å². The first-order chi connectivity index (χ1) is 8.79. The minimum atomic E-state index is -0.0542. The Hall–Kier alpha value is -0.260. The first-order valence-electron chi connectivity index (χ1n) is 7.00. The molecule has 0 spiro atoms. The van der Waals surface area contributed by atoms with Gasteiger partial charge in [0.2, 0.25) is 5.91 Å². The molecule has 1 fully saturated rings. The monoisotopic (exact) mass is 274 g/mol. The van der Waals surface area contributed by atoms with E-state index in [0.717, 1.165) is 31.0 Å². The molecule has 1 unspecified atom stereocenters. The van der Waals surface area contributed by atoms with Crippen LogP contribution in [-0.2, 0) is 4.79 Å². The molecule has 0 bridgehead atoms. The molecule has 0 aromatic carbocycles. The number of hydrogen-bond acceptors (Lipinski definition) is 4. The molecule has 2 N–H and O–H groups in total. The standard InChI is InChI=1S/C13H26N2O2S/c1-2-3-4-5-7-15(8-9-16)13(17)12-11-18-10-6-14-12/h12,14,16H,2-11H2,1H3. The summed E-state index contributed by atoms with van der Waals surface area (Å²) in [7, 11) is 0. The number of amides is 1. The summed E-state index contributed by atoms with van der Waals surface area (Å²) < 4.78 is 0. The Balaban J connectivity index is 2.35. The number of nitrogens with zero attached hydrogens (tertiary/aromatic N) is 1. The Bertz CT molecular complexity index is 233. The van der Waals surface area contributed by atoms with E-state index >= 15 is 0 Å². The minimum Gasteiger partial charge on any atom is -0.395 e. The zero-order valence-electron chi connectivity index (χ0n) is 11.4. The van der Waals surface area contributed by atoms with Crippen LogP contribution in [0.25, 0.3) is 0 Å². The van der Waals surface area contributed by atoms with Gasteiger partial charge in [0.05, 0.1) is 12.6 Å². The van der Waals surface area contributed by atoms with Crippen molar-refractivity contribution in [1.82, 2.24) is 10.2 Å². The highest BCUT2D eigenvalue weighted by molar-refractivity contribution is 7.99. The summed E-state index contributed by atoms with van der Waals surface area (Å²) in [5.41, 5.74) is 0. The van der Waals surface area contributed by atoms with Crippen molar-refractivity contribution in [2.24, 2.45) is 0 Å². The van der Waals surface area contributed by atoms with E-state index in [-0.39, 0.29) is 18.6 Å². The summed E-state index contributed by atoms with van der Waals surface area (Å²) in [4.78, 5) is 14.1. The lowest BCUT2D eigenvalue weighted by Crippen LogP contribution is -2.51. The van der Waals surface area contributed by atoms with Gasteiger partial charge in [-0.15, -0.1) is 0 Å². The average Bonchev–Trinajstić information content (AvgIpc) is 2.42. The molecule has 106 valence electrons. The number of carbonyl (C=O) groups is 1. The van der Waals surface area contributed by atoms with Gasteiger partial charge in [-0.1, -0.05) is 26.2 Å². The second-order valence-corrected chi connectivity index (χ2v) is 5.84. The molecule has 4 nitrogen and oxygen atoms in total. The van der Waals surface area contributed by atoms with E-state index in [1.54, 1.807) is 0 Å². The van der Waals surface area contributed by atoms with Crippen LogP contribution in [0.4, 0.5) is 0 Å². The van der Waals surface area contributed by atoms with E-state index in [1.165, 1.54) is 19.3 Å². The molecule has 0 aliphatic carbocycles. The molecule has 1 heterocycles. The van der Waals surface area contributed by atoms with Crippen LogP contribution in [0.5, 0.6) is 0 Å². The molecule has 0 aromatic rings. The number of carbonyl (C=O) groups excluding carboxylic acids is 1. The van der Waals surface area contributed by atoms with Crippen molar-refractivity contribution in [3.8, 4) is 0 Å². The topological polar surface area (TPSA) is 52.6 Å². The van der Waals surface area contributed by atoms with Crippen molar-refractivity contribution in [1.29, 1.82) is 0 Å². The number of thioether (sulfide) groups is 1. The van der Waals surface area contributed by atoms with E-state index < -0.39 is 0 Å². The van der Waals surface area contributed by atoms with E-state index in [2.05, 4.69) is 12.2 Å². The fraction of sp³-hybridized carbons (Fsp3) is 0.923. The summed E-state index contributed by atoms with van der Waals surface area (Å²) in [6, 6.07) is -0.0542. The van der Waals surface area contributed by atoms with Crippen LogP contribution >= 0.6 is 11.8 Å². The second kappa shape index (κ2) is 9.64. The summed E-state index contributed by atoms with van der Waals surface area (Å²) in [6.45, 7) is 4.39. The highest BCUT2D eigenvalue weighted by Crippen LogP contribution is 2.11. The van der Waals surface area contributed by atoms with Gasteiger partial charge < -0.3 is 15.3 Å². The highest BCUT2D eigenvalue weighted by atomic mass is 32.2. The van der Waals surface area contributed by atoms with Crippen LogP contribution in [-0.4, -0.2) is 59.7 Å². The maximum absolute atomic E-state index is 12.3. The molecule has 0 saturated carbocycles. The lowest BCUT2D eigenvalue weighted by molar-refractivity contribution is -0.133. The zero-order chi connectivity index (χ0) is 13.2. The van der Waals surface area contributed by atoms with Crippen molar-refractivity contribution in [3.05, 3.63) is 0 Å². The first kappa shape index (κ1) is 15.8. The maximum atomic E-state index is 12.3. The van der Waals surface area contributed by atoms with Crippen LogP contribution in [0.2, 0.25) is 0 Å². The Morgan fingerprint density at radius 3 is 2.83 bits per heavy atom. The van der Waals surface area contributed by atoms with Gasteiger partial charge in [-0.05, 0) is 6.42 Å². The minimum absolute atomic E-state index is 0.0542. The fourth-order valence-electron chi connectivity index (χ4n) is 2.13. The molecule has 1 amide bonds. The normalized spacial score (nSPS) is 19.8. The number of rotatable bonds is 8. The lowest BCUT2D eigenvalue weighted by Gasteiger charge is -2.29. The molecule has 1 saturated heterocycles. The molecule has 1 aliphatic rings. The molecule has 0 radical (unpaired) electrons. The van der Waals surface area contributed by atoms with Gasteiger partial charge in [0.15, 0.2) is 0 Å². The number of nitrogens with one attached hydrogen (secondary N) is 1. The van der Waals surface area contributed by atoms with Crippen molar-refractivity contribution < 1.29 is 9.90 Å². The van der Waals surface area contributed by atoms with E-state index in [9.17, 15) is 4.79 Å². The van der Waals surface area contributed by atoms with Crippen LogP contribution in [0, 0.1) is 0 Å². The van der Waals surface area contributed by atoms with Crippen LogP contribution in [0.3, 0.4) is 0 Å². The van der Waals surface area contributed by atoms with Crippen LogP contribution in [0.15, 0.2) is 0 Å². The zero-order valence-corrected chi connectivity index (χ0v) is 12.2. The number of aliphatic hydroxyl groups is 1. The first-order valence-corrected chi connectivity index (χ1v) is 8.15. The molecule has 5 heteroatoms. The maximum Gasteiger partial charge on any atom is 0.240 e. The second-order valence-electron chi connectivity index (χ2n) is 4.69. The van der Waals surface area contributed by atoms with Crippen LogP contribution in [0.1, 0.15) is 32.6 Å². The predicted octanol–water partition coefficient (Wildman–Crippen LogP) is 1.09. The third-order valence-electron chi connectivity index (χ3n) is 3.18. The largest absolute Gasteiger partial charge is 0.395 e. The summed E-state index contributed by atoms with van der Waals surface area (Å²) in [5.74, 6) is 2.10. The van der Waals surface area contributed by atoms with Crippen molar-refractivity contribution in [2.45, 2.75) is 38.6 Å². The molecule has 1 atom stereocenters. The highest BCUT2D eigenvalue weighted by Gasteiger charge is 2.25. The van der Waals surface area contributed by atoms with Gasteiger partial charge in [0.1, 0.15) is 0 Å². The molecule has 18 heavy (non-hydrogen) atoms. The van der Waals surface area contributed by atoms with E-state index in [1.807, 2.05) is 16.7 Å². The Labute approximate surface area is 115 Å². The van der Waals surface area contributed by atoms with Crippen molar-refractivity contribution in [2.75, 3.05) is 37.7 Å².